The number of amides is 2. The number of aryl methyl sites for hydroxylation is 1. The van der Waals surface area contributed by atoms with E-state index in [-0.39, 0.29) is 18.4 Å². The Kier molecular flexibility index (Phi) is 5.32. The second-order valence-electron chi connectivity index (χ2n) is 5.95. The number of benzene rings is 2. The van der Waals surface area contributed by atoms with Gasteiger partial charge in [0.15, 0.2) is 11.5 Å². The quantitative estimate of drug-likeness (QED) is 0.890. The molecule has 0 unspecified atom stereocenters. The lowest BCUT2D eigenvalue weighted by Gasteiger charge is -2.22. The van der Waals surface area contributed by atoms with Crippen molar-refractivity contribution in [1.29, 1.82) is 0 Å². The van der Waals surface area contributed by atoms with Crippen LogP contribution >= 0.6 is 11.6 Å². The smallest absolute Gasteiger partial charge is 0.244 e. The number of carbonyl (C=O) groups is 2. The summed E-state index contributed by atoms with van der Waals surface area (Å²) in [5, 5.41) is 3.31. The molecule has 1 aliphatic heterocycles. The van der Waals surface area contributed by atoms with Gasteiger partial charge in [-0.1, -0.05) is 17.7 Å². The molecule has 7 heteroatoms. The van der Waals surface area contributed by atoms with Gasteiger partial charge in [0.2, 0.25) is 11.8 Å². The lowest BCUT2D eigenvalue weighted by Crippen LogP contribution is -2.36. The standard InChI is InChI=1S/C19H19ClN2O4/c1-12-3-5-15(10-16(12)20)22(13(2)23)11-19(24)21-14-4-6-17-18(9-14)26-8-7-25-17/h3-6,9-10H,7-8,11H2,1-2H3,(H,21,24). The SMILES string of the molecule is CC(=O)N(CC(=O)Nc1ccc2c(c1)OCCO2)c1ccc(C)c(Cl)c1. The molecule has 0 radical (unpaired) electrons. The van der Waals surface area contributed by atoms with Crippen LogP contribution in [0.4, 0.5) is 11.4 Å². The Bertz CT molecular complexity index is 853. The van der Waals surface area contributed by atoms with Gasteiger partial charge in [0.25, 0.3) is 0 Å². The van der Waals surface area contributed by atoms with Crippen LogP contribution < -0.4 is 19.7 Å². The number of halogens is 1. The number of nitrogens with zero attached hydrogens (tertiary/aromatic N) is 1. The number of hydrogen-bond acceptors (Lipinski definition) is 4. The fourth-order valence-electron chi connectivity index (χ4n) is 2.60. The number of ether oxygens (including phenoxy) is 2. The number of hydrogen-bond donors (Lipinski definition) is 1. The zero-order valence-corrected chi connectivity index (χ0v) is 15.3. The van der Waals surface area contributed by atoms with Crippen LogP contribution in [0.15, 0.2) is 36.4 Å². The molecular weight excluding hydrogens is 356 g/mol. The van der Waals surface area contributed by atoms with E-state index in [0.29, 0.717) is 41.1 Å². The van der Waals surface area contributed by atoms with Gasteiger partial charge in [-0.3, -0.25) is 9.59 Å². The molecule has 3 rings (SSSR count). The van der Waals surface area contributed by atoms with Crippen molar-refractivity contribution >= 4 is 34.8 Å². The highest BCUT2D eigenvalue weighted by molar-refractivity contribution is 6.31. The Morgan fingerprint density at radius 3 is 2.54 bits per heavy atom. The van der Waals surface area contributed by atoms with Gasteiger partial charge in [-0.05, 0) is 36.8 Å². The zero-order valence-electron chi connectivity index (χ0n) is 14.5. The van der Waals surface area contributed by atoms with Crippen molar-refractivity contribution < 1.29 is 19.1 Å². The fourth-order valence-corrected chi connectivity index (χ4v) is 2.77. The maximum Gasteiger partial charge on any atom is 0.244 e. The highest BCUT2D eigenvalue weighted by Crippen LogP contribution is 2.32. The average Bonchev–Trinajstić information content (AvgIpc) is 2.62. The van der Waals surface area contributed by atoms with E-state index in [4.69, 9.17) is 21.1 Å². The van der Waals surface area contributed by atoms with Gasteiger partial charge in [-0.15, -0.1) is 0 Å². The fraction of sp³-hybridized carbons (Fsp3) is 0.263. The Labute approximate surface area is 156 Å². The van der Waals surface area contributed by atoms with Gasteiger partial charge in [0.05, 0.1) is 0 Å². The summed E-state index contributed by atoms with van der Waals surface area (Å²) in [7, 11) is 0. The molecule has 26 heavy (non-hydrogen) atoms. The monoisotopic (exact) mass is 374 g/mol. The molecule has 1 heterocycles. The number of carbonyl (C=O) groups excluding carboxylic acids is 2. The average molecular weight is 375 g/mol. The number of anilines is 2. The predicted molar refractivity (Wildman–Crippen MR) is 100 cm³/mol. The van der Waals surface area contributed by atoms with Crippen molar-refractivity contribution in [2.75, 3.05) is 30.0 Å². The summed E-state index contributed by atoms with van der Waals surface area (Å²) in [5.41, 5.74) is 2.05. The van der Waals surface area contributed by atoms with E-state index in [2.05, 4.69) is 5.32 Å². The molecule has 0 aliphatic carbocycles. The van der Waals surface area contributed by atoms with Crippen LogP contribution in [-0.4, -0.2) is 31.6 Å². The maximum absolute atomic E-state index is 12.4. The minimum atomic E-state index is -0.325. The zero-order chi connectivity index (χ0) is 18.7. The van der Waals surface area contributed by atoms with E-state index in [1.807, 2.05) is 13.0 Å². The van der Waals surface area contributed by atoms with Crippen LogP contribution in [0.3, 0.4) is 0 Å². The molecule has 136 valence electrons. The lowest BCUT2D eigenvalue weighted by molar-refractivity contribution is -0.120. The summed E-state index contributed by atoms with van der Waals surface area (Å²) in [6.45, 7) is 4.13. The predicted octanol–water partition coefficient (Wildman–Crippen LogP) is 3.41. The highest BCUT2D eigenvalue weighted by atomic mass is 35.5. The molecule has 0 spiro atoms. The second kappa shape index (κ2) is 7.66. The van der Waals surface area contributed by atoms with Crippen LogP contribution in [0, 0.1) is 6.92 Å². The van der Waals surface area contributed by atoms with Crippen molar-refractivity contribution in [3.8, 4) is 11.5 Å². The van der Waals surface area contributed by atoms with Crippen molar-refractivity contribution in [2.24, 2.45) is 0 Å². The first-order chi connectivity index (χ1) is 12.4. The van der Waals surface area contributed by atoms with Crippen molar-refractivity contribution in [1.82, 2.24) is 0 Å². The first kappa shape index (κ1) is 18.1. The van der Waals surface area contributed by atoms with Gasteiger partial charge in [-0.2, -0.15) is 0 Å². The Hall–Kier alpha value is -2.73. The Morgan fingerprint density at radius 1 is 1.12 bits per heavy atom. The molecule has 1 aliphatic rings. The summed E-state index contributed by atoms with van der Waals surface area (Å²) < 4.78 is 11.0. The van der Waals surface area contributed by atoms with Gasteiger partial charge in [-0.25, -0.2) is 0 Å². The lowest BCUT2D eigenvalue weighted by atomic mass is 10.2. The first-order valence-corrected chi connectivity index (χ1v) is 8.55. The Balaban J connectivity index is 1.72. The van der Waals surface area contributed by atoms with Crippen LogP contribution in [0.2, 0.25) is 5.02 Å². The normalized spacial score (nSPS) is 12.4. The van der Waals surface area contributed by atoms with Crippen molar-refractivity contribution in [2.45, 2.75) is 13.8 Å². The van der Waals surface area contributed by atoms with Crippen LogP contribution in [0.5, 0.6) is 11.5 Å². The number of nitrogens with one attached hydrogen (secondary N) is 1. The Morgan fingerprint density at radius 2 is 1.85 bits per heavy atom. The number of fused-ring (bicyclic) bond motifs is 1. The van der Waals surface area contributed by atoms with E-state index in [0.717, 1.165) is 5.56 Å². The summed E-state index contributed by atoms with van der Waals surface area (Å²) in [6.07, 6.45) is 0. The van der Waals surface area contributed by atoms with E-state index < -0.39 is 0 Å². The summed E-state index contributed by atoms with van der Waals surface area (Å²) >= 11 is 6.13. The molecule has 0 saturated carbocycles. The number of rotatable bonds is 4. The maximum atomic E-state index is 12.4. The van der Waals surface area contributed by atoms with Gasteiger partial charge in [0.1, 0.15) is 19.8 Å². The minimum absolute atomic E-state index is 0.122. The van der Waals surface area contributed by atoms with E-state index >= 15 is 0 Å². The molecule has 0 fully saturated rings. The summed E-state index contributed by atoms with van der Waals surface area (Å²) in [4.78, 5) is 25.8. The first-order valence-electron chi connectivity index (χ1n) is 8.18. The van der Waals surface area contributed by atoms with Gasteiger partial charge < -0.3 is 19.7 Å². The second-order valence-corrected chi connectivity index (χ2v) is 6.35. The van der Waals surface area contributed by atoms with Crippen LogP contribution in [0.25, 0.3) is 0 Å². The summed E-state index contributed by atoms with van der Waals surface area (Å²) in [6, 6.07) is 10.4. The third-order valence-corrected chi connectivity index (χ3v) is 4.38. The topological polar surface area (TPSA) is 67.9 Å². The molecule has 2 amide bonds. The molecule has 1 N–H and O–H groups in total. The summed E-state index contributed by atoms with van der Waals surface area (Å²) in [5.74, 6) is 0.660. The molecule has 0 saturated heterocycles. The van der Waals surface area contributed by atoms with E-state index in [9.17, 15) is 9.59 Å². The molecule has 0 bridgehead atoms. The molecule has 2 aromatic rings. The van der Waals surface area contributed by atoms with Crippen molar-refractivity contribution in [3.63, 3.8) is 0 Å². The molecule has 6 nitrogen and oxygen atoms in total. The van der Waals surface area contributed by atoms with Gasteiger partial charge in [0, 0.05) is 29.4 Å². The van der Waals surface area contributed by atoms with Crippen molar-refractivity contribution in [3.05, 3.63) is 47.0 Å². The molecule has 0 atom stereocenters. The minimum Gasteiger partial charge on any atom is -0.486 e. The van der Waals surface area contributed by atoms with E-state index in [1.165, 1.54) is 11.8 Å². The van der Waals surface area contributed by atoms with Crippen LogP contribution in [0.1, 0.15) is 12.5 Å². The third-order valence-electron chi connectivity index (χ3n) is 3.97. The largest absolute Gasteiger partial charge is 0.486 e. The third kappa shape index (κ3) is 4.08. The molecular formula is C19H19ClN2O4. The van der Waals surface area contributed by atoms with Crippen LogP contribution in [-0.2, 0) is 9.59 Å². The highest BCUT2D eigenvalue weighted by Gasteiger charge is 2.18. The van der Waals surface area contributed by atoms with E-state index in [1.54, 1.807) is 30.3 Å². The van der Waals surface area contributed by atoms with Gasteiger partial charge >= 0.3 is 0 Å². The molecule has 0 aromatic heterocycles. The molecule has 2 aromatic carbocycles.